The van der Waals surface area contributed by atoms with Gasteiger partial charge in [-0.05, 0) is 25.0 Å². The molecule has 2 nitrogen and oxygen atoms in total. The van der Waals surface area contributed by atoms with Gasteiger partial charge in [-0.3, -0.25) is 0 Å². The molecular weight excluding hydrogens is 162 g/mol. The van der Waals surface area contributed by atoms with Gasteiger partial charge in [0.25, 0.3) is 0 Å². The third-order valence-electron chi connectivity index (χ3n) is 2.34. The molecule has 2 heteroatoms. The van der Waals surface area contributed by atoms with Gasteiger partial charge in [-0.25, -0.2) is 0 Å². The second-order valence-corrected chi connectivity index (χ2v) is 3.22. The molecule has 0 N–H and O–H groups in total. The van der Waals surface area contributed by atoms with E-state index in [9.17, 15) is 0 Å². The number of methoxy groups -OCH3 is 1. The molecule has 1 aliphatic rings. The minimum Gasteiger partial charge on any atom is -0.497 e. The zero-order valence-corrected chi connectivity index (χ0v) is 7.86. The van der Waals surface area contributed by atoms with Crippen LogP contribution in [0, 0.1) is 6.54 Å². The van der Waals surface area contributed by atoms with Crippen LogP contribution in [-0.4, -0.2) is 13.7 Å². The van der Waals surface area contributed by atoms with Gasteiger partial charge < -0.3 is 9.64 Å². The Hall–Kier alpha value is -1.18. The van der Waals surface area contributed by atoms with Gasteiger partial charge in [0.15, 0.2) is 0 Å². The third kappa shape index (κ3) is 1.77. The first-order chi connectivity index (χ1) is 6.40. The molecule has 0 bridgehead atoms. The van der Waals surface area contributed by atoms with E-state index in [4.69, 9.17) is 4.74 Å². The van der Waals surface area contributed by atoms with Crippen molar-refractivity contribution in [2.24, 2.45) is 0 Å². The highest BCUT2D eigenvalue weighted by Gasteiger charge is 2.12. The zero-order valence-electron chi connectivity index (χ0n) is 7.86. The highest BCUT2D eigenvalue weighted by atomic mass is 16.5. The number of ether oxygens (including phenoxy) is 1. The van der Waals surface area contributed by atoms with Gasteiger partial charge in [0.1, 0.15) is 5.75 Å². The van der Waals surface area contributed by atoms with Gasteiger partial charge in [-0.1, -0.05) is 6.07 Å². The van der Waals surface area contributed by atoms with E-state index in [0.717, 1.165) is 12.3 Å². The summed E-state index contributed by atoms with van der Waals surface area (Å²) in [4.78, 5) is 2.28. The molecule has 0 aliphatic carbocycles. The Morgan fingerprint density at radius 2 is 2.31 bits per heavy atom. The molecule has 1 saturated heterocycles. The summed E-state index contributed by atoms with van der Waals surface area (Å²) in [5, 5.41) is 0. The first-order valence-corrected chi connectivity index (χ1v) is 4.64. The summed E-state index contributed by atoms with van der Waals surface area (Å²) in [6.45, 7) is 3.38. The maximum absolute atomic E-state index is 5.17. The second-order valence-electron chi connectivity index (χ2n) is 3.22. The fourth-order valence-electron chi connectivity index (χ4n) is 1.62. The lowest BCUT2D eigenvalue weighted by Gasteiger charge is -2.17. The minimum atomic E-state index is 0.929. The average molecular weight is 176 g/mol. The summed E-state index contributed by atoms with van der Waals surface area (Å²) in [6.07, 6.45) is 2.45. The Balaban J connectivity index is 2.18. The zero-order chi connectivity index (χ0) is 9.10. The summed E-state index contributed by atoms with van der Waals surface area (Å²) < 4.78 is 5.17. The number of hydrogen-bond acceptors (Lipinski definition) is 2. The first-order valence-electron chi connectivity index (χ1n) is 4.64. The number of nitrogens with zero attached hydrogens (tertiary/aromatic N) is 1. The maximum atomic E-state index is 5.17. The number of rotatable bonds is 2. The van der Waals surface area contributed by atoms with Gasteiger partial charge in [0.2, 0.25) is 0 Å². The van der Waals surface area contributed by atoms with Crippen LogP contribution in [0.3, 0.4) is 0 Å². The van der Waals surface area contributed by atoms with Crippen molar-refractivity contribution >= 4 is 5.69 Å². The lowest BCUT2D eigenvalue weighted by molar-refractivity contribution is 0.415. The summed E-state index contributed by atoms with van der Waals surface area (Å²) >= 11 is 0. The van der Waals surface area contributed by atoms with Crippen molar-refractivity contribution in [1.82, 2.24) is 0 Å². The largest absolute Gasteiger partial charge is 0.497 e. The smallest absolute Gasteiger partial charge is 0.120 e. The van der Waals surface area contributed by atoms with E-state index in [1.807, 2.05) is 12.1 Å². The van der Waals surface area contributed by atoms with E-state index < -0.39 is 0 Å². The molecule has 0 aromatic heterocycles. The van der Waals surface area contributed by atoms with Gasteiger partial charge in [0.05, 0.1) is 7.11 Å². The van der Waals surface area contributed by atoms with Gasteiger partial charge in [0, 0.05) is 24.8 Å². The molecule has 1 aromatic rings. The summed E-state index contributed by atoms with van der Waals surface area (Å²) in [5.41, 5.74) is 1.23. The molecule has 1 aromatic carbocycles. The molecule has 0 spiro atoms. The Morgan fingerprint density at radius 3 is 3.00 bits per heavy atom. The highest BCUT2D eigenvalue weighted by Crippen LogP contribution is 2.25. The fraction of sp³-hybridized carbons (Fsp3) is 0.364. The summed E-state index contributed by atoms with van der Waals surface area (Å²) in [6, 6.07) is 8.19. The Morgan fingerprint density at radius 1 is 1.38 bits per heavy atom. The average Bonchev–Trinajstić information content (AvgIpc) is 2.71. The lowest BCUT2D eigenvalue weighted by atomic mass is 10.3. The van der Waals surface area contributed by atoms with Crippen molar-refractivity contribution in [1.29, 1.82) is 0 Å². The van der Waals surface area contributed by atoms with Crippen molar-refractivity contribution < 1.29 is 4.74 Å². The molecule has 0 amide bonds. The lowest BCUT2D eigenvalue weighted by Crippen LogP contribution is -2.13. The quantitative estimate of drug-likeness (QED) is 0.686. The van der Waals surface area contributed by atoms with Crippen molar-refractivity contribution in [3.8, 4) is 5.75 Å². The third-order valence-corrected chi connectivity index (χ3v) is 2.34. The van der Waals surface area contributed by atoms with Gasteiger partial charge in [-0.15, -0.1) is 0 Å². The Labute approximate surface area is 79.1 Å². The monoisotopic (exact) mass is 176 g/mol. The van der Waals surface area contributed by atoms with Crippen LogP contribution in [0.2, 0.25) is 0 Å². The van der Waals surface area contributed by atoms with Crippen molar-refractivity contribution in [3.63, 3.8) is 0 Å². The van der Waals surface area contributed by atoms with E-state index >= 15 is 0 Å². The first kappa shape index (κ1) is 8.42. The fourth-order valence-corrected chi connectivity index (χ4v) is 1.62. The Bertz CT molecular complexity index is 279. The molecule has 2 rings (SSSR count). The molecule has 1 aliphatic heterocycles. The van der Waals surface area contributed by atoms with Crippen LogP contribution in [0.1, 0.15) is 12.8 Å². The van der Waals surface area contributed by atoms with Crippen molar-refractivity contribution in [2.45, 2.75) is 12.8 Å². The predicted octanol–water partition coefficient (Wildman–Crippen LogP) is 2.46. The van der Waals surface area contributed by atoms with E-state index in [2.05, 4.69) is 23.6 Å². The molecule has 1 radical (unpaired) electrons. The molecule has 1 heterocycles. The van der Waals surface area contributed by atoms with E-state index in [1.54, 1.807) is 7.11 Å². The van der Waals surface area contributed by atoms with Crippen LogP contribution in [0.5, 0.6) is 5.75 Å². The van der Waals surface area contributed by atoms with Crippen LogP contribution in [0.4, 0.5) is 5.69 Å². The normalized spacial score (nSPS) is 16.2. The molecule has 69 valence electrons. The maximum Gasteiger partial charge on any atom is 0.120 e. The number of hydrogen-bond donors (Lipinski definition) is 0. The van der Waals surface area contributed by atoms with Crippen molar-refractivity contribution in [3.05, 3.63) is 30.8 Å². The van der Waals surface area contributed by atoms with E-state index in [-0.39, 0.29) is 0 Å². The van der Waals surface area contributed by atoms with Crippen LogP contribution < -0.4 is 9.64 Å². The van der Waals surface area contributed by atoms with E-state index in [0.29, 0.717) is 0 Å². The van der Waals surface area contributed by atoms with Gasteiger partial charge >= 0.3 is 0 Å². The summed E-state index contributed by atoms with van der Waals surface area (Å²) in [7, 11) is 1.70. The topological polar surface area (TPSA) is 12.5 Å². The van der Waals surface area contributed by atoms with Crippen LogP contribution >= 0.6 is 0 Å². The molecule has 1 fully saturated rings. The molecule has 0 atom stereocenters. The van der Waals surface area contributed by atoms with Crippen LogP contribution in [0.15, 0.2) is 24.3 Å². The number of benzene rings is 1. The molecule has 0 saturated carbocycles. The second kappa shape index (κ2) is 3.69. The molecule has 13 heavy (non-hydrogen) atoms. The Kier molecular flexibility index (Phi) is 2.39. The predicted molar refractivity (Wildman–Crippen MR) is 53.9 cm³/mol. The van der Waals surface area contributed by atoms with Crippen LogP contribution in [-0.2, 0) is 0 Å². The van der Waals surface area contributed by atoms with Gasteiger partial charge in [-0.2, -0.15) is 0 Å². The standard InChI is InChI=1S/C11H14NO/c1-13-11-6-4-5-10(9-11)12-7-2-3-8-12/h4-7,9H,2-3,8H2,1H3. The molecule has 0 unspecified atom stereocenters. The van der Waals surface area contributed by atoms with E-state index in [1.165, 1.54) is 18.5 Å². The van der Waals surface area contributed by atoms with Crippen molar-refractivity contribution in [2.75, 3.05) is 18.6 Å². The number of anilines is 1. The SMILES string of the molecule is COc1cccc(N2[CH]CCC2)c1. The minimum absolute atomic E-state index is 0.929. The summed E-state index contributed by atoms with van der Waals surface area (Å²) in [5.74, 6) is 0.929. The highest BCUT2D eigenvalue weighted by molar-refractivity contribution is 5.52. The van der Waals surface area contributed by atoms with Crippen LogP contribution in [0.25, 0.3) is 0 Å². The molecular formula is C11H14NO.